The molecular weight excluding hydrogens is 378 g/mol. The first-order chi connectivity index (χ1) is 13.6. The van der Waals surface area contributed by atoms with E-state index in [1.807, 2.05) is 19.1 Å². The second-order valence-corrected chi connectivity index (χ2v) is 7.11. The lowest BCUT2D eigenvalue weighted by Crippen LogP contribution is -2.31. The summed E-state index contributed by atoms with van der Waals surface area (Å²) in [5.74, 6) is -0.144. The van der Waals surface area contributed by atoms with E-state index >= 15 is 0 Å². The van der Waals surface area contributed by atoms with Crippen molar-refractivity contribution < 1.29 is 13.9 Å². The van der Waals surface area contributed by atoms with Crippen LogP contribution in [0.15, 0.2) is 57.7 Å². The Kier molecular flexibility index (Phi) is 5.20. The number of fused-ring (bicyclic) bond motifs is 2. The molecule has 2 aromatic carbocycles. The molecule has 28 heavy (non-hydrogen) atoms. The molecule has 1 unspecified atom stereocenters. The van der Waals surface area contributed by atoms with Gasteiger partial charge in [-0.1, -0.05) is 35.9 Å². The smallest absolute Gasteiger partial charge is 0.290 e. The van der Waals surface area contributed by atoms with Crippen molar-refractivity contribution in [3.8, 4) is 0 Å². The molecule has 0 radical (unpaired) electrons. The molecule has 0 fully saturated rings. The zero-order valence-electron chi connectivity index (χ0n) is 15.5. The largest absolute Gasteiger partial charge is 0.450 e. The standard InChI is InChI=1S/C22H20ClNO4/c1-2-27-13-5-12-24-19(14-8-10-15(23)11-9-14)18-20(25)16-6-3-4-7-17(16)28-21(18)22(24)26/h3-4,6-11,19H,2,5,12-13H2,1H3. The molecule has 5 nitrogen and oxygen atoms in total. The van der Waals surface area contributed by atoms with Crippen LogP contribution in [0, 0.1) is 0 Å². The van der Waals surface area contributed by atoms with Gasteiger partial charge in [0.15, 0.2) is 5.43 Å². The molecule has 0 N–H and O–H groups in total. The Morgan fingerprint density at radius 1 is 1.11 bits per heavy atom. The molecule has 6 heteroatoms. The number of carbonyl (C=O) groups is 1. The van der Waals surface area contributed by atoms with E-state index in [0.29, 0.717) is 47.7 Å². The summed E-state index contributed by atoms with van der Waals surface area (Å²) in [6, 6.07) is 13.7. The van der Waals surface area contributed by atoms with Crippen LogP contribution in [0.5, 0.6) is 0 Å². The van der Waals surface area contributed by atoms with Gasteiger partial charge in [0.1, 0.15) is 5.58 Å². The number of halogens is 1. The van der Waals surface area contributed by atoms with Gasteiger partial charge in [-0.15, -0.1) is 0 Å². The molecule has 0 saturated heterocycles. The second-order valence-electron chi connectivity index (χ2n) is 6.67. The first-order valence-corrected chi connectivity index (χ1v) is 9.69. The summed E-state index contributed by atoms with van der Waals surface area (Å²) in [6.45, 7) is 3.57. The number of hydrogen-bond acceptors (Lipinski definition) is 4. The molecule has 0 bridgehead atoms. The number of carbonyl (C=O) groups excluding carboxylic acids is 1. The summed E-state index contributed by atoms with van der Waals surface area (Å²) in [7, 11) is 0. The van der Waals surface area contributed by atoms with Crippen molar-refractivity contribution >= 4 is 28.5 Å². The minimum absolute atomic E-state index is 0.125. The van der Waals surface area contributed by atoms with Crippen molar-refractivity contribution in [2.24, 2.45) is 0 Å². The fraction of sp³-hybridized carbons (Fsp3) is 0.273. The van der Waals surface area contributed by atoms with E-state index in [9.17, 15) is 9.59 Å². The summed E-state index contributed by atoms with van der Waals surface area (Å²) < 4.78 is 11.3. The molecule has 1 atom stereocenters. The molecular formula is C22H20ClNO4. The molecule has 1 aliphatic heterocycles. The first-order valence-electron chi connectivity index (χ1n) is 9.31. The van der Waals surface area contributed by atoms with Gasteiger partial charge in [0.25, 0.3) is 5.91 Å². The highest BCUT2D eigenvalue weighted by molar-refractivity contribution is 6.30. The van der Waals surface area contributed by atoms with Gasteiger partial charge in [0.05, 0.1) is 17.0 Å². The molecule has 0 saturated carbocycles. The topological polar surface area (TPSA) is 59.8 Å². The van der Waals surface area contributed by atoms with Crippen LogP contribution in [0.2, 0.25) is 5.02 Å². The van der Waals surface area contributed by atoms with Gasteiger partial charge < -0.3 is 14.1 Å². The van der Waals surface area contributed by atoms with Crippen molar-refractivity contribution in [3.05, 3.63) is 80.7 Å². The Hall–Kier alpha value is -2.63. The summed E-state index contributed by atoms with van der Waals surface area (Å²) >= 11 is 6.03. The quantitative estimate of drug-likeness (QED) is 0.578. The van der Waals surface area contributed by atoms with Crippen LogP contribution in [-0.2, 0) is 4.74 Å². The lowest BCUT2D eigenvalue weighted by atomic mass is 9.98. The van der Waals surface area contributed by atoms with Crippen LogP contribution >= 0.6 is 11.6 Å². The van der Waals surface area contributed by atoms with Crippen LogP contribution < -0.4 is 5.43 Å². The third-order valence-electron chi connectivity index (χ3n) is 4.95. The van der Waals surface area contributed by atoms with E-state index in [0.717, 1.165) is 5.56 Å². The van der Waals surface area contributed by atoms with E-state index in [-0.39, 0.29) is 17.1 Å². The van der Waals surface area contributed by atoms with Crippen molar-refractivity contribution in [1.29, 1.82) is 0 Å². The van der Waals surface area contributed by atoms with E-state index in [1.165, 1.54) is 0 Å². The maximum atomic E-state index is 13.2. The SMILES string of the molecule is CCOCCCN1C(=O)c2oc3ccccc3c(=O)c2C1c1ccc(Cl)cc1. The minimum Gasteiger partial charge on any atom is -0.450 e. The van der Waals surface area contributed by atoms with Crippen molar-refractivity contribution in [2.45, 2.75) is 19.4 Å². The number of nitrogens with zero attached hydrogens (tertiary/aromatic N) is 1. The molecule has 0 spiro atoms. The van der Waals surface area contributed by atoms with Gasteiger partial charge in [-0.3, -0.25) is 9.59 Å². The average molecular weight is 398 g/mol. The third-order valence-corrected chi connectivity index (χ3v) is 5.20. The Balaban J connectivity index is 1.84. The fourth-order valence-electron chi connectivity index (χ4n) is 3.67. The highest BCUT2D eigenvalue weighted by atomic mass is 35.5. The monoisotopic (exact) mass is 397 g/mol. The summed E-state index contributed by atoms with van der Waals surface area (Å²) in [6.07, 6.45) is 0.672. The molecule has 3 aromatic rings. The molecule has 0 aliphatic carbocycles. The average Bonchev–Trinajstić information content (AvgIpc) is 2.98. The maximum Gasteiger partial charge on any atom is 0.290 e. The van der Waals surface area contributed by atoms with Crippen LogP contribution in [0.1, 0.15) is 41.1 Å². The number of para-hydroxylation sites is 1. The first kappa shape index (κ1) is 18.7. The van der Waals surface area contributed by atoms with Crippen molar-refractivity contribution in [2.75, 3.05) is 19.8 Å². The number of amides is 1. The number of rotatable bonds is 6. The summed E-state index contributed by atoms with van der Waals surface area (Å²) in [5, 5.41) is 1.07. The van der Waals surface area contributed by atoms with Crippen LogP contribution in [0.4, 0.5) is 0 Å². The van der Waals surface area contributed by atoms with Crippen LogP contribution in [0.3, 0.4) is 0 Å². The van der Waals surface area contributed by atoms with Gasteiger partial charge in [-0.2, -0.15) is 0 Å². The Bertz CT molecular complexity index is 1070. The van der Waals surface area contributed by atoms with Gasteiger partial charge in [0, 0.05) is 24.8 Å². The summed E-state index contributed by atoms with van der Waals surface area (Å²) in [5.41, 5.74) is 1.47. The molecule has 1 amide bonds. The molecule has 2 heterocycles. The van der Waals surface area contributed by atoms with E-state index < -0.39 is 6.04 Å². The maximum absolute atomic E-state index is 13.2. The zero-order chi connectivity index (χ0) is 19.7. The second kappa shape index (κ2) is 7.78. The predicted octanol–water partition coefficient (Wildman–Crippen LogP) is 4.42. The van der Waals surface area contributed by atoms with Crippen LogP contribution in [-0.4, -0.2) is 30.6 Å². The normalized spacial score (nSPS) is 16.0. The zero-order valence-corrected chi connectivity index (χ0v) is 16.2. The van der Waals surface area contributed by atoms with Gasteiger partial charge in [-0.25, -0.2) is 0 Å². The van der Waals surface area contributed by atoms with Crippen molar-refractivity contribution in [3.63, 3.8) is 0 Å². The molecule has 1 aliphatic rings. The molecule has 4 rings (SSSR count). The van der Waals surface area contributed by atoms with E-state index in [2.05, 4.69) is 0 Å². The highest BCUT2D eigenvalue weighted by Crippen LogP contribution is 2.38. The van der Waals surface area contributed by atoms with Crippen LogP contribution in [0.25, 0.3) is 11.0 Å². The molecule has 1 aromatic heterocycles. The van der Waals surface area contributed by atoms with Crippen molar-refractivity contribution in [1.82, 2.24) is 4.90 Å². The minimum atomic E-state index is -0.498. The highest BCUT2D eigenvalue weighted by Gasteiger charge is 2.42. The number of hydrogen-bond donors (Lipinski definition) is 0. The Labute approximate surface area is 167 Å². The Morgan fingerprint density at radius 2 is 1.86 bits per heavy atom. The third kappa shape index (κ3) is 3.21. The number of benzene rings is 2. The van der Waals surface area contributed by atoms with Gasteiger partial charge in [-0.05, 0) is 43.2 Å². The number of ether oxygens (including phenoxy) is 1. The predicted molar refractivity (Wildman–Crippen MR) is 108 cm³/mol. The molecule has 144 valence electrons. The lowest BCUT2D eigenvalue weighted by molar-refractivity contribution is 0.0696. The van der Waals surface area contributed by atoms with E-state index in [1.54, 1.807) is 41.3 Å². The van der Waals surface area contributed by atoms with Gasteiger partial charge in [0.2, 0.25) is 5.76 Å². The van der Waals surface area contributed by atoms with E-state index in [4.69, 9.17) is 20.8 Å². The van der Waals surface area contributed by atoms with Gasteiger partial charge >= 0.3 is 0 Å². The summed E-state index contributed by atoms with van der Waals surface area (Å²) in [4.78, 5) is 28.1. The lowest BCUT2D eigenvalue weighted by Gasteiger charge is -2.25. The Morgan fingerprint density at radius 3 is 2.61 bits per heavy atom. The fourth-order valence-corrected chi connectivity index (χ4v) is 3.80.